The number of benzene rings is 1. The molecule has 1 fully saturated rings. The minimum atomic E-state index is -3.05. The van der Waals surface area contributed by atoms with Crippen molar-refractivity contribution in [2.75, 3.05) is 25.2 Å². The molecule has 1 aliphatic rings. The third kappa shape index (κ3) is 4.84. The highest BCUT2D eigenvalue weighted by Gasteiger charge is 2.28. The van der Waals surface area contributed by atoms with E-state index in [2.05, 4.69) is 10.1 Å². The highest BCUT2D eigenvalue weighted by Crippen LogP contribution is 2.25. The van der Waals surface area contributed by atoms with Gasteiger partial charge in [-0.25, -0.2) is 13.2 Å². The summed E-state index contributed by atoms with van der Waals surface area (Å²) in [5.41, 5.74) is 0.269. The zero-order valence-electron chi connectivity index (χ0n) is 12.4. The van der Waals surface area contributed by atoms with Crippen molar-refractivity contribution in [2.24, 2.45) is 0 Å². The van der Waals surface area contributed by atoms with Gasteiger partial charge in [0.2, 0.25) is 0 Å². The Balaban J connectivity index is 1.88. The number of carbonyl (C=O) groups excluding carboxylic acids is 2. The van der Waals surface area contributed by atoms with Gasteiger partial charge >= 0.3 is 5.97 Å². The van der Waals surface area contributed by atoms with Gasteiger partial charge in [-0.3, -0.25) is 4.79 Å². The van der Waals surface area contributed by atoms with Crippen LogP contribution in [0.2, 0.25) is 5.02 Å². The van der Waals surface area contributed by atoms with Crippen molar-refractivity contribution in [3.8, 4) is 5.75 Å². The lowest BCUT2D eigenvalue weighted by atomic mass is 10.2. The van der Waals surface area contributed by atoms with Gasteiger partial charge in [-0.15, -0.1) is 0 Å². The van der Waals surface area contributed by atoms with E-state index in [0.717, 1.165) is 0 Å². The van der Waals surface area contributed by atoms with Gasteiger partial charge in [0, 0.05) is 6.04 Å². The molecule has 1 aromatic carbocycles. The Morgan fingerprint density at radius 1 is 1.39 bits per heavy atom. The Kier molecular flexibility index (Phi) is 5.48. The van der Waals surface area contributed by atoms with Crippen molar-refractivity contribution < 1.29 is 27.5 Å². The summed E-state index contributed by atoms with van der Waals surface area (Å²) in [4.78, 5) is 23.1. The maximum Gasteiger partial charge on any atom is 0.337 e. The minimum absolute atomic E-state index is 0.0483. The largest absolute Gasteiger partial charge is 0.482 e. The Morgan fingerprint density at radius 3 is 2.70 bits per heavy atom. The van der Waals surface area contributed by atoms with Crippen LogP contribution in [0.3, 0.4) is 0 Å². The lowest BCUT2D eigenvalue weighted by Crippen LogP contribution is -2.38. The second kappa shape index (κ2) is 7.18. The van der Waals surface area contributed by atoms with Crippen LogP contribution in [0.1, 0.15) is 16.8 Å². The molecule has 0 radical (unpaired) electrons. The number of amides is 1. The zero-order chi connectivity index (χ0) is 17.0. The normalized spacial score (nSPS) is 19.1. The van der Waals surface area contributed by atoms with E-state index in [9.17, 15) is 18.0 Å². The standard InChI is InChI=1S/C14H16ClNO6S/c1-21-14(18)9-2-3-12(11(15)6-9)22-7-13(17)16-10-4-5-23(19,20)8-10/h2-3,6,10H,4-5,7-8H2,1H3,(H,16,17)/t10-/m1/s1. The van der Waals surface area contributed by atoms with E-state index in [4.69, 9.17) is 16.3 Å². The molecule has 7 nitrogen and oxygen atoms in total. The highest BCUT2D eigenvalue weighted by molar-refractivity contribution is 7.91. The Hall–Kier alpha value is -1.80. The summed E-state index contributed by atoms with van der Waals surface area (Å²) < 4.78 is 32.5. The summed E-state index contributed by atoms with van der Waals surface area (Å²) in [5, 5.41) is 2.77. The van der Waals surface area contributed by atoms with Crippen molar-refractivity contribution in [3.63, 3.8) is 0 Å². The molecule has 9 heteroatoms. The molecule has 1 heterocycles. The molecule has 0 bridgehead atoms. The van der Waals surface area contributed by atoms with Crippen LogP contribution < -0.4 is 10.1 Å². The van der Waals surface area contributed by atoms with E-state index in [1.54, 1.807) is 0 Å². The van der Waals surface area contributed by atoms with Crippen molar-refractivity contribution in [1.29, 1.82) is 0 Å². The second-order valence-electron chi connectivity index (χ2n) is 5.09. The van der Waals surface area contributed by atoms with Crippen LogP contribution in [0.25, 0.3) is 0 Å². The predicted octanol–water partition coefficient (Wildman–Crippen LogP) is 0.809. The molecule has 23 heavy (non-hydrogen) atoms. The number of halogens is 1. The van der Waals surface area contributed by atoms with Crippen LogP contribution in [0, 0.1) is 0 Å². The van der Waals surface area contributed by atoms with Crippen LogP contribution in [-0.2, 0) is 19.4 Å². The number of esters is 1. The van der Waals surface area contributed by atoms with Crippen LogP contribution in [0.5, 0.6) is 5.75 Å². The molecule has 0 aromatic heterocycles. The molecule has 1 N–H and O–H groups in total. The summed E-state index contributed by atoms with van der Waals surface area (Å²) >= 11 is 5.98. The first-order chi connectivity index (χ1) is 10.8. The lowest BCUT2D eigenvalue weighted by molar-refractivity contribution is -0.123. The average Bonchev–Trinajstić information content (AvgIpc) is 2.83. The number of sulfone groups is 1. The van der Waals surface area contributed by atoms with Gasteiger partial charge in [-0.05, 0) is 24.6 Å². The quantitative estimate of drug-likeness (QED) is 0.779. The Bertz CT molecular complexity index is 718. The highest BCUT2D eigenvalue weighted by atomic mass is 35.5. The third-order valence-corrected chi connectivity index (χ3v) is 5.37. The predicted molar refractivity (Wildman–Crippen MR) is 83.5 cm³/mol. The van der Waals surface area contributed by atoms with Gasteiger partial charge in [0.25, 0.3) is 5.91 Å². The number of hydrogen-bond acceptors (Lipinski definition) is 6. The zero-order valence-corrected chi connectivity index (χ0v) is 13.9. The molecule has 0 saturated carbocycles. The van der Waals surface area contributed by atoms with Gasteiger partial charge in [0.1, 0.15) is 5.75 Å². The number of hydrogen-bond donors (Lipinski definition) is 1. The SMILES string of the molecule is COC(=O)c1ccc(OCC(=O)N[C@@H]2CCS(=O)(=O)C2)c(Cl)c1. The number of carbonyl (C=O) groups is 2. The first kappa shape index (κ1) is 17.6. The van der Waals surface area contributed by atoms with Crippen LogP contribution in [-0.4, -0.2) is 51.6 Å². The molecule has 1 atom stereocenters. The van der Waals surface area contributed by atoms with E-state index < -0.39 is 21.7 Å². The number of methoxy groups -OCH3 is 1. The Morgan fingerprint density at radius 2 is 2.13 bits per heavy atom. The molecule has 126 valence electrons. The van der Waals surface area contributed by atoms with Crippen molar-refractivity contribution in [2.45, 2.75) is 12.5 Å². The minimum Gasteiger partial charge on any atom is -0.482 e. The molecule has 0 aliphatic carbocycles. The van der Waals surface area contributed by atoms with E-state index >= 15 is 0 Å². The first-order valence-electron chi connectivity index (χ1n) is 6.81. The molecular weight excluding hydrogens is 346 g/mol. The maximum absolute atomic E-state index is 11.8. The molecule has 0 unspecified atom stereocenters. The summed E-state index contributed by atoms with van der Waals surface area (Å²) in [6.07, 6.45) is 0.405. The van der Waals surface area contributed by atoms with Crippen LogP contribution in [0.15, 0.2) is 18.2 Å². The summed E-state index contributed by atoms with van der Waals surface area (Å²) in [6, 6.07) is 3.92. The van der Waals surface area contributed by atoms with E-state index in [0.29, 0.717) is 6.42 Å². The summed E-state index contributed by atoms with van der Waals surface area (Å²) in [5.74, 6) is -0.681. The van der Waals surface area contributed by atoms with Crippen molar-refractivity contribution >= 4 is 33.3 Å². The fourth-order valence-corrected chi connectivity index (χ4v) is 4.09. The first-order valence-corrected chi connectivity index (χ1v) is 9.01. The molecular formula is C14H16ClNO6S. The number of nitrogens with one attached hydrogen (secondary N) is 1. The molecule has 1 saturated heterocycles. The van der Waals surface area contributed by atoms with Gasteiger partial charge in [0.05, 0.1) is 29.2 Å². The van der Waals surface area contributed by atoms with Crippen molar-refractivity contribution in [3.05, 3.63) is 28.8 Å². The van der Waals surface area contributed by atoms with Crippen LogP contribution >= 0.6 is 11.6 Å². The lowest BCUT2D eigenvalue weighted by Gasteiger charge is -2.12. The van der Waals surface area contributed by atoms with E-state index in [1.165, 1.54) is 25.3 Å². The van der Waals surface area contributed by atoms with E-state index in [1.807, 2.05) is 0 Å². The summed E-state index contributed by atoms with van der Waals surface area (Å²) in [7, 11) is -1.79. The third-order valence-electron chi connectivity index (χ3n) is 3.31. The van der Waals surface area contributed by atoms with Crippen molar-refractivity contribution in [1.82, 2.24) is 5.32 Å². The molecule has 2 rings (SSSR count). The monoisotopic (exact) mass is 361 g/mol. The molecule has 1 aliphatic heterocycles. The summed E-state index contributed by atoms with van der Waals surface area (Å²) in [6.45, 7) is -0.298. The Labute approximate surface area is 138 Å². The smallest absolute Gasteiger partial charge is 0.337 e. The van der Waals surface area contributed by atoms with Gasteiger partial charge < -0.3 is 14.8 Å². The van der Waals surface area contributed by atoms with E-state index in [-0.39, 0.29) is 40.5 Å². The van der Waals surface area contributed by atoms with Gasteiger partial charge in [-0.1, -0.05) is 11.6 Å². The number of rotatable bonds is 5. The fraction of sp³-hybridized carbons (Fsp3) is 0.429. The number of ether oxygens (including phenoxy) is 2. The maximum atomic E-state index is 11.8. The van der Waals surface area contributed by atoms with Crippen LogP contribution in [0.4, 0.5) is 0 Å². The molecule has 1 aromatic rings. The van der Waals surface area contributed by atoms with Gasteiger partial charge in [0.15, 0.2) is 16.4 Å². The second-order valence-corrected chi connectivity index (χ2v) is 7.73. The fourth-order valence-electron chi connectivity index (χ4n) is 2.18. The van der Waals surface area contributed by atoms with Gasteiger partial charge in [-0.2, -0.15) is 0 Å². The topological polar surface area (TPSA) is 98.8 Å². The molecule has 1 amide bonds. The molecule has 0 spiro atoms. The average molecular weight is 362 g/mol.